The summed E-state index contributed by atoms with van der Waals surface area (Å²) in [6, 6.07) is 22.1. The lowest BCUT2D eigenvalue weighted by molar-refractivity contribution is -0.645. The lowest BCUT2D eigenvalue weighted by Gasteiger charge is -2.08. The number of ether oxygens (including phenoxy) is 1. The van der Waals surface area contributed by atoms with Crippen LogP contribution in [0.5, 0.6) is 5.75 Å². The van der Waals surface area contributed by atoms with Gasteiger partial charge in [-0.3, -0.25) is 0 Å². The van der Waals surface area contributed by atoms with Crippen LogP contribution in [0.4, 0.5) is 0 Å². The first-order chi connectivity index (χ1) is 18.7. The van der Waals surface area contributed by atoms with Crippen LogP contribution in [0.25, 0.3) is 22.2 Å². The Balaban J connectivity index is 1.06. The molecule has 0 aliphatic carbocycles. The van der Waals surface area contributed by atoms with Gasteiger partial charge < -0.3 is 9.94 Å². The molecule has 2 aromatic heterocycles. The van der Waals surface area contributed by atoms with Gasteiger partial charge in [0.05, 0.1) is 18.7 Å². The average Bonchev–Trinajstić information content (AvgIpc) is 3.60. The average molecular weight is 512 g/mol. The van der Waals surface area contributed by atoms with Crippen LogP contribution < -0.4 is 9.58 Å². The van der Waals surface area contributed by atoms with Gasteiger partial charge in [0.1, 0.15) is 11.0 Å². The van der Waals surface area contributed by atoms with Crippen molar-refractivity contribution in [3.05, 3.63) is 89.9 Å². The van der Waals surface area contributed by atoms with Gasteiger partial charge in [-0.15, -0.1) is 15.0 Å². The van der Waals surface area contributed by atoms with E-state index in [9.17, 15) is 10.0 Å². The van der Waals surface area contributed by atoms with Crippen LogP contribution in [-0.4, -0.2) is 42.6 Å². The zero-order chi connectivity index (χ0) is 26.2. The van der Waals surface area contributed by atoms with E-state index in [0.717, 1.165) is 47.4 Å². The van der Waals surface area contributed by atoms with Crippen LogP contribution in [-0.2, 0) is 6.54 Å². The molecular formula is C28H29N7O3. The summed E-state index contributed by atoms with van der Waals surface area (Å²) < 4.78 is 7.04. The summed E-state index contributed by atoms with van der Waals surface area (Å²) in [5.41, 5.74) is 3.29. The van der Waals surface area contributed by atoms with Gasteiger partial charge in [0.15, 0.2) is 6.33 Å². The highest BCUT2D eigenvalue weighted by Gasteiger charge is 2.22. The van der Waals surface area contributed by atoms with Crippen LogP contribution >= 0.6 is 0 Å². The van der Waals surface area contributed by atoms with Gasteiger partial charge in [0.2, 0.25) is 11.0 Å². The van der Waals surface area contributed by atoms with Gasteiger partial charge in [0, 0.05) is 0 Å². The molecule has 0 bridgehead atoms. The number of aryl methyl sites for hydroxylation is 1. The van der Waals surface area contributed by atoms with E-state index in [-0.39, 0.29) is 5.91 Å². The molecule has 0 unspecified atom stereocenters. The fourth-order valence-electron chi connectivity index (χ4n) is 4.35. The van der Waals surface area contributed by atoms with Gasteiger partial charge >= 0.3 is 5.91 Å². The molecule has 0 radical (unpaired) electrons. The van der Waals surface area contributed by atoms with E-state index in [4.69, 9.17) is 4.74 Å². The van der Waals surface area contributed by atoms with E-state index in [2.05, 4.69) is 20.6 Å². The second-order valence-electron chi connectivity index (χ2n) is 9.07. The van der Waals surface area contributed by atoms with Gasteiger partial charge in [-0.25, -0.2) is 4.79 Å². The topological polar surface area (TPSA) is 115 Å². The minimum Gasteiger partial charge on any atom is -0.691 e. The van der Waals surface area contributed by atoms with Crippen molar-refractivity contribution in [2.45, 2.75) is 45.1 Å². The Bertz CT molecular complexity index is 1460. The SMILES string of the molecule is O=C(c1ccc(-c2ccc(OCCCCCCCCn3ncnn3)cc2)cc1)n1n[n+]([O-])c2ccccc21. The molecule has 2 heterocycles. The number of rotatable bonds is 12. The highest BCUT2D eigenvalue weighted by Crippen LogP contribution is 2.23. The lowest BCUT2D eigenvalue weighted by atomic mass is 10.0. The maximum atomic E-state index is 12.9. The number of aromatic nitrogens is 7. The predicted octanol–water partition coefficient (Wildman–Crippen LogP) is 4.43. The number of hydrogen-bond acceptors (Lipinski definition) is 7. The first-order valence-electron chi connectivity index (χ1n) is 12.9. The molecule has 0 spiro atoms. The Morgan fingerprint density at radius 1 is 0.842 bits per heavy atom. The molecule has 0 atom stereocenters. The summed E-state index contributed by atoms with van der Waals surface area (Å²) in [5, 5.41) is 27.4. The van der Waals surface area contributed by atoms with Gasteiger partial charge in [0.25, 0.3) is 0 Å². The largest absolute Gasteiger partial charge is 0.691 e. The monoisotopic (exact) mass is 511 g/mol. The normalized spacial score (nSPS) is 11.2. The molecule has 5 aromatic rings. The molecular weight excluding hydrogens is 482 g/mol. The minimum absolute atomic E-state index is 0.352. The number of unbranched alkanes of at least 4 members (excludes halogenated alkanes) is 5. The summed E-state index contributed by atoms with van der Waals surface area (Å²) in [6.07, 6.45) is 8.27. The van der Waals surface area contributed by atoms with E-state index >= 15 is 0 Å². The summed E-state index contributed by atoms with van der Waals surface area (Å²) in [4.78, 5) is 15.0. The second-order valence-corrected chi connectivity index (χ2v) is 9.07. The van der Waals surface area contributed by atoms with Crippen molar-refractivity contribution in [3.8, 4) is 16.9 Å². The highest BCUT2D eigenvalue weighted by molar-refractivity contribution is 5.99. The van der Waals surface area contributed by atoms with Crippen molar-refractivity contribution >= 4 is 16.9 Å². The molecule has 0 saturated heterocycles. The number of benzene rings is 3. The molecule has 10 heteroatoms. The molecule has 3 aromatic carbocycles. The van der Waals surface area contributed by atoms with E-state index in [1.54, 1.807) is 41.2 Å². The molecule has 0 amide bonds. The smallest absolute Gasteiger partial charge is 0.366 e. The van der Waals surface area contributed by atoms with Crippen LogP contribution in [0.3, 0.4) is 0 Å². The van der Waals surface area contributed by atoms with Crippen molar-refractivity contribution in [3.63, 3.8) is 0 Å². The summed E-state index contributed by atoms with van der Waals surface area (Å²) in [7, 11) is 0. The van der Waals surface area contributed by atoms with Crippen molar-refractivity contribution < 1.29 is 14.4 Å². The van der Waals surface area contributed by atoms with Crippen LogP contribution in [0.15, 0.2) is 79.1 Å². The Kier molecular flexibility index (Phi) is 7.98. The number of carbonyl (C=O) groups is 1. The van der Waals surface area contributed by atoms with Crippen LogP contribution in [0, 0.1) is 5.21 Å². The summed E-state index contributed by atoms with van der Waals surface area (Å²) in [5.74, 6) is 0.493. The van der Waals surface area contributed by atoms with E-state index < -0.39 is 0 Å². The molecule has 10 nitrogen and oxygen atoms in total. The minimum atomic E-state index is -0.352. The van der Waals surface area contributed by atoms with E-state index in [1.807, 2.05) is 36.4 Å². The number of carbonyl (C=O) groups excluding carboxylic acids is 1. The lowest BCUT2D eigenvalue weighted by Crippen LogP contribution is -2.31. The summed E-state index contributed by atoms with van der Waals surface area (Å²) in [6.45, 7) is 1.52. The Labute approximate surface area is 220 Å². The molecule has 0 aliphatic rings. The number of nitrogens with zero attached hydrogens (tertiary/aromatic N) is 7. The Morgan fingerprint density at radius 3 is 2.26 bits per heavy atom. The Hall–Kier alpha value is -4.60. The van der Waals surface area contributed by atoms with E-state index in [1.165, 1.54) is 25.6 Å². The van der Waals surface area contributed by atoms with Crippen molar-refractivity contribution in [2.75, 3.05) is 6.61 Å². The molecule has 0 N–H and O–H groups in total. The predicted molar refractivity (Wildman–Crippen MR) is 141 cm³/mol. The molecule has 0 aliphatic heterocycles. The van der Waals surface area contributed by atoms with Crippen molar-refractivity contribution in [1.29, 1.82) is 0 Å². The van der Waals surface area contributed by atoms with Crippen LogP contribution in [0.1, 0.15) is 48.9 Å². The zero-order valence-electron chi connectivity index (χ0n) is 21.0. The number of hydrogen-bond donors (Lipinski definition) is 0. The summed E-state index contributed by atoms with van der Waals surface area (Å²) >= 11 is 0. The maximum Gasteiger partial charge on any atom is 0.366 e. The zero-order valence-corrected chi connectivity index (χ0v) is 21.0. The third kappa shape index (κ3) is 6.03. The van der Waals surface area contributed by atoms with Crippen molar-refractivity contribution in [2.24, 2.45) is 0 Å². The number of fused-ring (bicyclic) bond motifs is 1. The van der Waals surface area contributed by atoms with Crippen LogP contribution in [0.2, 0.25) is 0 Å². The molecule has 5 rings (SSSR count). The third-order valence-corrected chi connectivity index (χ3v) is 6.41. The molecule has 0 saturated carbocycles. The molecule has 194 valence electrons. The standard InChI is InChI=1S/C28H29N7O3/c36-28(34-26-9-5-6-10-27(26)35(37)32-34)24-13-11-22(12-14-24)23-15-17-25(18-16-23)38-20-8-4-2-1-3-7-19-33-30-21-29-31-33/h5-6,9-18,21H,1-4,7-8,19-20H2. The second kappa shape index (κ2) is 12.1. The molecule has 38 heavy (non-hydrogen) atoms. The fraction of sp³-hybridized carbons (Fsp3) is 0.286. The maximum absolute atomic E-state index is 12.9. The fourth-order valence-corrected chi connectivity index (χ4v) is 4.35. The number of tetrazole rings is 1. The Morgan fingerprint density at radius 2 is 1.53 bits per heavy atom. The first-order valence-corrected chi connectivity index (χ1v) is 12.9. The third-order valence-electron chi connectivity index (χ3n) is 6.41. The van der Waals surface area contributed by atoms with Gasteiger partial charge in [-0.1, -0.05) is 66.8 Å². The van der Waals surface area contributed by atoms with Crippen molar-refractivity contribution in [1.82, 2.24) is 30.1 Å². The first kappa shape index (κ1) is 25.1. The van der Waals surface area contributed by atoms with Gasteiger partial charge in [-0.2, -0.15) is 4.80 Å². The number of para-hydroxylation sites is 2. The quantitative estimate of drug-likeness (QED) is 0.138. The highest BCUT2D eigenvalue weighted by atomic mass is 16.5. The van der Waals surface area contributed by atoms with E-state index in [0.29, 0.717) is 28.0 Å². The molecule has 0 fully saturated rings. The van der Waals surface area contributed by atoms with Gasteiger partial charge in [-0.05, 0) is 65.6 Å².